The van der Waals surface area contributed by atoms with E-state index in [-0.39, 0.29) is 18.4 Å². The van der Waals surface area contributed by atoms with E-state index in [1.165, 1.54) is 12.5 Å². The van der Waals surface area contributed by atoms with Crippen LogP contribution in [0.5, 0.6) is 0 Å². The standard InChI is InChI=1S/C17H27N3O2/c1-15(21)20(13-12-19(2)3)14-17(22)18-11-7-10-16-8-5-4-6-9-16/h4-6,8-9H,7,10-14H2,1-3H3,(H,18,22). The van der Waals surface area contributed by atoms with Crippen molar-refractivity contribution in [2.75, 3.05) is 40.3 Å². The number of rotatable bonds is 9. The van der Waals surface area contributed by atoms with E-state index in [0.717, 1.165) is 19.4 Å². The number of amides is 2. The van der Waals surface area contributed by atoms with E-state index < -0.39 is 0 Å². The van der Waals surface area contributed by atoms with Gasteiger partial charge in [-0.15, -0.1) is 0 Å². The predicted octanol–water partition coefficient (Wildman–Crippen LogP) is 1.15. The van der Waals surface area contributed by atoms with Crippen LogP contribution in [0.3, 0.4) is 0 Å². The van der Waals surface area contributed by atoms with Crippen LogP contribution < -0.4 is 5.32 Å². The van der Waals surface area contributed by atoms with Crippen LogP contribution in [0.25, 0.3) is 0 Å². The Labute approximate surface area is 133 Å². The van der Waals surface area contributed by atoms with E-state index in [1.807, 2.05) is 37.2 Å². The fourth-order valence-electron chi connectivity index (χ4n) is 2.06. The molecule has 122 valence electrons. The van der Waals surface area contributed by atoms with Crippen LogP contribution in [0, 0.1) is 0 Å². The number of hydrogen-bond donors (Lipinski definition) is 1. The number of nitrogens with one attached hydrogen (secondary N) is 1. The first-order chi connectivity index (χ1) is 10.5. The molecule has 1 rings (SSSR count). The third-order valence-corrected chi connectivity index (χ3v) is 3.40. The summed E-state index contributed by atoms with van der Waals surface area (Å²) in [7, 11) is 3.89. The highest BCUT2D eigenvalue weighted by Gasteiger charge is 2.13. The zero-order valence-corrected chi connectivity index (χ0v) is 13.8. The average molecular weight is 305 g/mol. The summed E-state index contributed by atoms with van der Waals surface area (Å²) in [5.74, 6) is -0.164. The van der Waals surface area contributed by atoms with Gasteiger partial charge >= 0.3 is 0 Å². The van der Waals surface area contributed by atoms with E-state index in [2.05, 4.69) is 17.4 Å². The Morgan fingerprint density at radius 2 is 1.77 bits per heavy atom. The normalized spacial score (nSPS) is 10.5. The Morgan fingerprint density at radius 1 is 1.09 bits per heavy atom. The quantitative estimate of drug-likeness (QED) is 0.696. The molecular weight excluding hydrogens is 278 g/mol. The second kappa shape index (κ2) is 9.95. The molecular formula is C17H27N3O2. The minimum Gasteiger partial charge on any atom is -0.355 e. The molecule has 22 heavy (non-hydrogen) atoms. The summed E-state index contributed by atoms with van der Waals surface area (Å²) in [4.78, 5) is 27.0. The largest absolute Gasteiger partial charge is 0.355 e. The van der Waals surface area contributed by atoms with Crippen molar-refractivity contribution in [1.29, 1.82) is 0 Å². The van der Waals surface area contributed by atoms with Crippen molar-refractivity contribution in [1.82, 2.24) is 15.1 Å². The Bertz CT molecular complexity index is 460. The van der Waals surface area contributed by atoms with Crippen LogP contribution in [0.2, 0.25) is 0 Å². The van der Waals surface area contributed by atoms with Crippen LogP contribution in [-0.4, -0.2) is 61.9 Å². The maximum absolute atomic E-state index is 11.9. The van der Waals surface area contributed by atoms with Gasteiger partial charge in [0.25, 0.3) is 0 Å². The number of carbonyl (C=O) groups excluding carboxylic acids is 2. The van der Waals surface area contributed by atoms with Crippen molar-refractivity contribution in [2.45, 2.75) is 19.8 Å². The van der Waals surface area contributed by atoms with E-state index in [1.54, 1.807) is 4.90 Å². The molecule has 0 radical (unpaired) electrons. The molecule has 0 saturated heterocycles. The molecule has 0 saturated carbocycles. The smallest absolute Gasteiger partial charge is 0.239 e. The van der Waals surface area contributed by atoms with Gasteiger partial charge in [0.2, 0.25) is 11.8 Å². The number of likely N-dealkylation sites (N-methyl/N-ethyl adjacent to an activating group) is 1. The summed E-state index contributed by atoms with van der Waals surface area (Å²) in [5, 5.41) is 2.88. The molecule has 0 aliphatic heterocycles. The lowest BCUT2D eigenvalue weighted by molar-refractivity contribution is -0.134. The summed E-state index contributed by atoms with van der Waals surface area (Å²) in [6.07, 6.45) is 1.84. The van der Waals surface area contributed by atoms with Crippen molar-refractivity contribution >= 4 is 11.8 Å². The molecule has 0 atom stereocenters. The van der Waals surface area contributed by atoms with Crippen LogP contribution in [0.1, 0.15) is 18.9 Å². The number of benzene rings is 1. The van der Waals surface area contributed by atoms with E-state index in [0.29, 0.717) is 13.1 Å². The second-order valence-electron chi connectivity index (χ2n) is 5.68. The zero-order valence-electron chi connectivity index (χ0n) is 13.8. The molecule has 5 heteroatoms. The lowest BCUT2D eigenvalue weighted by Gasteiger charge is -2.22. The highest BCUT2D eigenvalue weighted by Crippen LogP contribution is 2.01. The minimum atomic E-state index is -0.0954. The van der Waals surface area contributed by atoms with Crippen molar-refractivity contribution in [2.24, 2.45) is 0 Å². The van der Waals surface area contributed by atoms with Gasteiger partial charge in [-0.3, -0.25) is 9.59 Å². The zero-order chi connectivity index (χ0) is 16.4. The van der Waals surface area contributed by atoms with Crippen molar-refractivity contribution in [3.63, 3.8) is 0 Å². The molecule has 0 bridgehead atoms. The van der Waals surface area contributed by atoms with Gasteiger partial charge in [-0.2, -0.15) is 0 Å². The van der Waals surface area contributed by atoms with E-state index in [9.17, 15) is 9.59 Å². The second-order valence-corrected chi connectivity index (χ2v) is 5.68. The summed E-state index contributed by atoms with van der Waals surface area (Å²) in [6, 6.07) is 10.2. The molecule has 5 nitrogen and oxygen atoms in total. The topological polar surface area (TPSA) is 52.7 Å². The minimum absolute atomic E-state index is 0.0683. The molecule has 0 spiro atoms. The van der Waals surface area contributed by atoms with E-state index in [4.69, 9.17) is 0 Å². The summed E-state index contributed by atoms with van der Waals surface area (Å²) < 4.78 is 0. The highest BCUT2D eigenvalue weighted by atomic mass is 16.2. The fourth-order valence-corrected chi connectivity index (χ4v) is 2.06. The number of carbonyl (C=O) groups is 2. The summed E-state index contributed by atoms with van der Waals surface area (Å²) >= 11 is 0. The lowest BCUT2D eigenvalue weighted by atomic mass is 10.1. The van der Waals surface area contributed by atoms with Gasteiger partial charge in [0.15, 0.2) is 0 Å². The lowest BCUT2D eigenvalue weighted by Crippen LogP contribution is -2.42. The summed E-state index contributed by atoms with van der Waals surface area (Å²) in [5.41, 5.74) is 1.27. The van der Waals surface area contributed by atoms with Gasteiger partial charge in [0.1, 0.15) is 0 Å². The molecule has 0 aliphatic rings. The van der Waals surface area contributed by atoms with Crippen molar-refractivity contribution < 1.29 is 9.59 Å². The third-order valence-electron chi connectivity index (χ3n) is 3.40. The van der Waals surface area contributed by atoms with Gasteiger partial charge in [-0.1, -0.05) is 30.3 Å². The Morgan fingerprint density at radius 3 is 2.36 bits per heavy atom. The molecule has 0 aromatic heterocycles. The van der Waals surface area contributed by atoms with Gasteiger partial charge < -0.3 is 15.1 Å². The van der Waals surface area contributed by atoms with Crippen LogP contribution in [0.15, 0.2) is 30.3 Å². The van der Waals surface area contributed by atoms with Gasteiger partial charge in [-0.05, 0) is 32.5 Å². The molecule has 1 aromatic carbocycles. The first kappa shape index (κ1) is 18.2. The highest BCUT2D eigenvalue weighted by molar-refractivity contribution is 5.83. The maximum Gasteiger partial charge on any atom is 0.239 e. The Balaban J connectivity index is 2.24. The molecule has 2 amide bonds. The molecule has 0 heterocycles. The monoisotopic (exact) mass is 305 g/mol. The molecule has 0 fully saturated rings. The Kier molecular flexibility index (Phi) is 8.22. The van der Waals surface area contributed by atoms with Crippen molar-refractivity contribution in [3.05, 3.63) is 35.9 Å². The third kappa shape index (κ3) is 7.78. The Hall–Kier alpha value is -1.88. The van der Waals surface area contributed by atoms with Crippen molar-refractivity contribution in [3.8, 4) is 0 Å². The van der Waals surface area contributed by atoms with Gasteiger partial charge in [-0.25, -0.2) is 0 Å². The number of aryl methyl sites for hydroxylation is 1. The molecule has 1 aromatic rings. The van der Waals surface area contributed by atoms with E-state index >= 15 is 0 Å². The SMILES string of the molecule is CC(=O)N(CCN(C)C)CC(=O)NCCCc1ccccc1. The fraction of sp³-hybridized carbons (Fsp3) is 0.529. The molecule has 0 unspecified atom stereocenters. The van der Waals surface area contributed by atoms with Gasteiger partial charge in [0, 0.05) is 26.6 Å². The number of hydrogen-bond acceptors (Lipinski definition) is 3. The van der Waals surface area contributed by atoms with Gasteiger partial charge in [0.05, 0.1) is 6.54 Å². The first-order valence-corrected chi connectivity index (χ1v) is 7.70. The first-order valence-electron chi connectivity index (χ1n) is 7.70. The number of nitrogens with zero attached hydrogens (tertiary/aromatic N) is 2. The average Bonchev–Trinajstić information content (AvgIpc) is 2.48. The van der Waals surface area contributed by atoms with Crippen LogP contribution >= 0.6 is 0 Å². The van der Waals surface area contributed by atoms with Crippen LogP contribution in [-0.2, 0) is 16.0 Å². The molecule has 1 N–H and O–H groups in total. The molecule has 0 aliphatic carbocycles. The van der Waals surface area contributed by atoms with Crippen LogP contribution in [0.4, 0.5) is 0 Å². The predicted molar refractivity (Wildman–Crippen MR) is 88.6 cm³/mol. The summed E-state index contributed by atoms with van der Waals surface area (Å²) in [6.45, 7) is 3.58. The maximum atomic E-state index is 11.9.